The number of β-amino-alcohol motifs (C(OH)–C–C–N with tert-alkyl or cyclic N) is 2. The Morgan fingerprint density at radius 1 is 1.04 bits per heavy atom. The molecule has 2 N–H and O–H groups in total. The van der Waals surface area contributed by atoms with Crippen LogP contribution in [-0.4, -0.2) is 91.8 Å². The van der Waals surface area contributed by atoms with Gasteiger partial charge in [0, 0.05) is 43.7 Å². The fourth-order valence-corrected chi connectivity index (χ4v) is 2.92. The Kier molecular flexibility index (Phi) is 11.6. The first-order valence-corrected chi connectivity index (χ1v) is 9.16. The maximum absolute atomic E-state index is 10.1. The van der Waals surface area contributed by atoms with Gasteiger partial charge in [0.25, 0.3) is 0 Å². The van der Waals surface area contributed by atoms with E-state index in [4.69, 9.17) is 14.6 Å². The highest BCUT2D eigenvalue weighted by Crippen LogP contribution is 2.15. The lowest BCUT2D eigenvalue weighted by Crippen LogP contribution is -3.00. The van der Waals surface area contributed by atoms with Crippen molar-refractivity contribution in [1.29, 1.82) is 0 Å². The number of hydrogen-bond acceptors (Lipinski definition) is 6. The summed E-state index contributed by atoms with van der Waals surface area (Å²) in [7, 11) is 0. The maximum atomic E-state index is 10.1. The minimum absolute atomic E-state index is 0. The average Bonchev–Trinajstić information content (AvgIpc) is 2.58. The molecule has 8 heteroatoms. The molecule has 1 fully saturated rings. The van der Waals surface area contributed by atoms with Crippen molar-refractivity contribution < 1.29 is 32.1 Å². The summed E-state index contributed by atoms with van der Waals surface area (Å²) in [5, 5.41) is 19.0. The van der Waals surface area contributed by atoms with Gasteiger partial charge in [-0.15, -0.1) is 0 Å². The quantitative estimate of drug-likeness (QED) is 0.405. The molecule has 6 nitrogen and oxygen atoms in total. The zero-order chi connectivity index (χ0) is 17.2. The number of nitrogens with zero attached hydrogens (tertiary/aromatic N) is 2. The Morgan fingerprint density at radius 2 is 1.68 bits per heavy atom. The van der Waals surface area contributed by atoms with E-state index in [-0.39, 0.29) is 19.0 Å². The molecule has 1 aliphatic rings. The van der Waals surface area contributed by atoms with Gasteiger partial charge in [0.15, 0.2) is 0 Å². The molecule has 0 aromatic heterocycles. The van der Waals surface area contributed by atoms with Gasteiger partial charge in [0.2, 0.25) is 0 Å². The Labute approximate surface area is 164 Å². The first-order chi connectivity index (χ1) is 11.7. The van der Waals surface area contributed by atoms with E-state index in [9.17, 15) is 5.11 Å². The van der Waals surface area contributed by atoms with Gasteiger partial charge in [-0.05, 0) is 24.3 Å². The number of piperazine rings is 1. The van der Waals surface area contributed by atoms with Gasteiger partial charge >= 0.3 is 0 Å². The topological polar surface area (TPSA) is 65.4 Å². The molecule has 25 heavy (non-hydrogen) atoms. The predicted molar refractivity (Wildman–Crippen MR) is 96.4 cm³/mol. The van der Waals surface area contributed by atoms with Gasteiger partial charge in [-0.25, -0.2) is 0 Å². The fourth-order valence-electron chi connectivity index (χ4n) is 2.66. The Balaban J connectivity index is 0.00000312. The van der Waals surface area contributed by atoms with Gasteiger partial charge in [0.05, 0.1) is 25.9 Å². The molecule has 0 saturated carbocycles. The molecule has 1 aromatic rings. The summed E-state index contributed by atoms with van der Waals surface area (Å²) in [6, 6.07) is 7.66. The van der Waals surface area contributed by atoms with Crippen molar-refractivity contribution in [2.75, 3.05) is 65.7 Å². The van der Waals surface area contributed by atoms with Gasteiger partial charge in [-0.2, -0.15) is 0 Å². The van der Waals surface area contributed by atoms with E-state index in [1.165, 1.54) is 0 Å². The molecule has 1 heterocycles. The summed E-state index contributed by atoms with van der Waals surface area (Å²) in [4.78, 5) is 4.47. The number of benzene rings is 1. The molecule has 0 radical (unpaired) electrons. The number of rotatable bonds is 10. The highest BCUT2D eigenvalue weighted by molar-refractivity contribution is 9.10. The highest BCUT2D eigenvalue weighted by Gasteiger charge is 2.18. The Hall–Kier alpha value is -0.410. The van der Waals surface area contributed by atoms with Gasteiger partial charge in [-0.3, -0.25) is 9.80 Å². The molecule has 1 aromatic carbocycles. The van der Waals surface area contributed by atoms with E-state index in [2.05, 4.69) is 25.7 Å². The highest BCUT2D eigenvalue weighted by atomic mass is 79.9. The van der Waals surface area contributed by atoms with Crippen molar-refractivity contribution in [1.82, 2.24) is 9.80 Å². The van der Waals surface area contributed by atoms with E-state index in [0.717, 1.165) is 42.9 Å². The second-order valence-electron chi connectivity index (χ2n) is 5.90. The SMILES string of the molecule is OCCN1CCN(CC(O)COCCOc2ccc(Br)cc2)CC1.[Cl-]. The van der Waals surface area contributed by atoms with Crippen molar-refractivity contribution in [3.05, 3.63) is 28.7 Å². The standard InChI is InChI=1S/C17H27BrN2O4.ClH/c18-15-1-3-17(4-2-15)24-12-11-23-14-16(22)13-20-7-5-19(6-8-20)9-10-21;/h1-4,16,21-22H,5-14H2;1H/p-1. The predicted octanol–water partition coefficient (Wildman–Crippen LogP) is -2.18. The number of aliphatic hydroxyl groups excluding tert-OH is 2. The maximum Gasteiger partial charge on any atom is 0.119 e. The fraction of sp³-hybridized carbons (Fsp3) is 0.647. The van der Waals surface area contributed by atoms with Gasteiger partial charge < -0.3 is 32.1 Å². The van der Waals surface area contributed by atoms with Crippen molar-refractivity contribution in [3.8, 4) is 5.75 Å². The summed E-state index contributed by atoms with van der Waals surface area (Å²) < 4.78 is 12.1. The molecular weight excluding hydrogens is 412 g/mol. The van der Waals surface area contributed by atoms with Crippen molar-refractivity contribution in [2.45, 2.75) is 6.10 Å². The molecule has 2 rings (SSSR count). The molecule has 0 aliphatic carbocycles. The van der Waals surface area contributed by atoms with E-state index in [1.54, 1.807) is 0 Å². The van der Waals surface area contributed by atoms with Crippen LogP contribution in [0.1, 0.15) is 0 Å². The van der Waals surface area contributed by atoms with Crippen molar-refractivity contribution in [3.63, 3.8) is 0 Å². The third kappa shape index (κ3) is 9.19. The zero-order valence-electron chi connectivity index (χ0n) is 14.3. The van der Waals surface area contributed by atoms with Crippen LogP contribution in [0, 0.1) is 0 Å². The monoisotopic (exact) mass is 437 g/mol. The largest absolute Gasteiger partial charge is 1.00 e. The molecular formula is C17H27BrClN2O4-. The van der Waals surface area contributed by atoms with Crippen LogP contribution in [0.3, 0.4) is 0 Å². The second kappa shape index (κ2) is 12.9. The summed E-state index contributed by atoms with van der Waals surface area (Å²) in [5.41, 5.74) is 0. The molecule has 0 bridgehead atoms. The normalized spacial score (nSPS) is 17.1. The van der Waals surface area contributed by atoms with E-state index in [1.807, 2.05) is 24.3 Å². The first-order valence-electron chi connectivity index (χ1n) is 8.37. The molecule has 0 amide bonds. The molecule has 1 aliphatic heterocycles. The summed E-state index contributed by atoms with van der Waals surface area (Å²) in [6.07, 6.45) is -0.484. The number of halogens is 2. The molecule has 1 saturated heterocycles. The van der Waals surface area contributed by atoms with Crippen LogP contribution in [0.25, 0.3) is 0 Å². The number of hydrogen-bond donors (Lipinski definition) is 2. The summed E-state index contributed by atoms with van der Waals surface area (Å²) >= 11 is 3.38. The van der Waals surface area contributed by atoms with Crippen molar-refractivity contribution >= 4 is 15.9 Å². The van der Waals surface area contributed by atoms with E-state index < -0.39 is 6.10 Å². The van der Waals surface area contributed by atoms with Crippen LogP contribution in [0.2, 0.25) is 0 Å². The van der Waals surface area contributed by atoms with Crippen LogP contribution in [0.4, 0.5) is 0 Å². The molecule has 144 valence electrons. The lowest BCUT2D eigenvalue weighted by molar-refractivity contribution is -0.000811. The lowest BCUT2D eigenvalue weighted by atomic mass is 10.2. The van der Waals surface area contributed by atoms with Crippen LogP contribution in [0.15, 0.2) is 28.7 Å². The average molecular weight is 439 g/mol. The molecule has 0 spiro atoms. The van der Waals surface area contributed by atoms with Crippen LogP contribution in [0.5, 0.6) is 5.75 Å². The summed E-state index contributed by atoms with van der Waals surface area (Å²) in [6.45, 7) is 6.53. The smallest absolute Gasteiger partial charge is 0.119 e. The number of aliphatic hydroxyl groups is 2. The van der Waals surface area contributed by atoms with Crippen LogP contribution < -0.4 is 17.1 Å². The molecule has 1 unspecified atom stereocenters. The Bertz CT molecular complexity index is 458. The minimum atomic E-state index is -0.484. The zero-order valence-corrected chi connectivity index (χ0v) is 16.7. The first kappa shape index (κ1) is 22.6. The third-order valence-corrected chi connectivity index (χ3v) is 4.50. The van der Waals surface area contributed by atoms with E-state index >= 15 is 0 Å². The second-order valence-corrected chi connectivity index (χ2v) is 6.81. The van der Waals surface area contributed by atoms with Gasteiger partial charge in [0.1, 0.15) is 12.4 Å². The number of ether oxygens (including phenoxy) is 2. The van der Waals surface area contributed by atoms with Crippen molar-refractivity contribution in [2.24, 2.45) is 0 Å². The van der Waals surface area contributed by atoms with E-state index in [0.29, 0.717) is 26.4 Å². The Morgan fingerprint density at radius 3 is 2.32 bits per heavy atom. The van der Waals surface area contributed by atoms with Crippen LogP contribution in [-0.2, 0) is 4.74 Å². The molecule has 1 atom stereocenters. The summed E-state index contributed by atoms with van der Waals surface area (Å²) in [5.74, 6) is 0.808. The van der Waals surface area contributed by atoms with Crippen LogP contribution >= 0.6 is 15.9 Å². The van der Waals surface area contributed by atoms with Gasteiger partial charge in [-0.1, -0.05) is 15.9 Å². The third-order valence-electron chi connectivity index (χ3n) is 3.97. The lowest BCUT2D eigenvalue weighted by Gasteiger charge is -2.35. The minimum Gasteiger partial charge on any atom is -1.00 e.